The van der Waals surface area contributed by atoms with E-state index in [0.717, 1.165) is 16.8 Å². The lowest BCUT2D eigenvalue weighted by molar-refractivity contribution is -0.122. The first kappa shape index (κ1) is 14.3. The number of ether oxygens (including phenoxy) is 1. The molecule has 0 aliphatic heterocycles. The van der Waals surface area contributed by atoms with Gasteiger partial charge in [-0.15, -0.1) is 0 Å². The van der Waals surface area contributed by atoms with Gasteiger partial charge in [-0.25, -0.2) is 0 Å². The molecule has 0 unspecified atom stereocenters. The van der Waals surface area contributed by atoms with Crippen LogP contribution in [-0.2, 0) is 16.1 Å². The van der Waals surface area contributed by atoms with Crippen LogP contribution in [0.1, 0.15) is 18.9 Å². The van der Waals surface area contributed by atoms with Crippen LogP contribution in [0.25, 0.3) is 11.3 Å². The van der Waals surface area contributed by atoms with Gasteiger partial charge in [-0.2, -0.15) is 5.10 Å². The largest absolute Gasteiger partial charge is 0.381 e. The molecule has 5 nitrogen and oxygen atoms in total. The molecule has 0 fully saturated rings. The van der Waals surface area contributed by atoms with Crippen LogP contribution in [0.2, 0.25) is 0 Å². The SMILES string of the molecule is CCOCCC(=O)NCc1ccc(-c2ccn[nH]2)cc1. The summed E-state index contributed by atoms with van der Waals surface area (Å²) in [5, 5.41) is 9.71. The fourth-order valence-corrected chi connectivity index (χ4v) is 1.82. The number of carbonyl (C=O) groups excluding carboxylic acids is 1. The van der Waals surface area contributed by atoms with Crippen molar-refractivity contribution in [2.45, 2.75) is 19.9 Å². The maximum atomic E-state index is 11.5. The number of benzene rings is 1. The third-order valence-electron chi connectivity index (χ3n) is 2.93. The van der Waals surface area contributed by atoms with Crippen LogP contribution in [0.15, 0.2) is 36.5 Å². The fraction of sp³-hybridized carbons (Fsp3) is 0.333. The Hall–Kier alpha value is -2.14. The van der Waals surface area contributed by atoms with E-state index in [4.69, 9.17) is 4.74 Å². The fourth-order valence-electron chi connectivity index (χ4n) is 1.82. The van der Waals surface area contributed by atoms with Gasteiger partial charge in [0, 0.05) is 25.8 Å². The van der Waals surface area contributed by atoms with E-state index in [9.17, 15) is 4.79 Å². The molecule has 1 aromatic carbocycles. The highest BCUT2D eigenvalue weighted by molar-refractivity contribution is 5.76. The number of rotatable bonds is 7. The second-order valence-electron chi connectivity index (χ2n) is 4.39. The molecule has 2 N–H and O–H groups in total. The minimum atomic E-state index is 0.0103. The van der Waals surface area contributed by atoms with E-state index >= 15 is 0 Å². The third-order valence-corrected chi connectivity index (χ3v) is 2.93. The lowest BCUT2D eigenvalue weighted by Crippen LogP contribution is -2.23. The number of nitrogens with one attached hydrogen (secondary N) is 2. The summed E-state index contributed by atoms with van der Waals surface area (Å²) >= 11 is 0. The molecule has 1 amide bonds. The van der Waals surface area contributed by atoms with E-state index in [1.165, 1.54) is 0 Å². The summed E-state index contributed by atoms with van der Waals surface area (Å²) in [7, 11) is 0. The average molecular weight is 273 g/mol. The molecule has 0 atom stereocenters. The van der Waals surface area contributed by atoms with Gasteiger partial charge in [-0.3, -0.25) is 9.89 Å². The Morgan fingerprint density at radius 3 is 2.75 bits per heavy atom. The lowest BCUT2D eigenvalue weighted by atomic mass is 10.1. The summed E-state index contributed by atoms with van der Waals surface area (Å²) in [6.45, 7) is 3.57. The molecule has 0 aliphatic carbocycles. The Morgan fingerprint density at radius 1 is 1.30 bits per heavy atom. The number of aromatic amines is 1. The Bertz CT molecular complexity index is 521. The van der Waals surface area contributed by atoms with Gasteiger partial charge in [0.25, 0.3) is 0 Å². The summed E-state index contributed by atoms with van der Waals surface area (Å²) in [4.78, 5) is 11.5. The van der Waals surface area contributed by atoms with Crippen molar-refractivity contribution in [1.82, 2.24) is 15.5 Å². The van der Waals surface area contributed by atoms with Gasteiger partial charge in [0.05, 0.1) is 12.3 Å². The molecule has 106 valence electrons. The van der Waals surface area contributed by atoms with Gasteiger partial charge in [-0.05, 0) is 24.1 Å². The number of aromatic nitrogens is 2. The van der Waals surface area contributed by atoms with E-state index in [1.807, 2.05) is 37.3 Å². The first-order chi connectivity index (χ1) is 9.79. The minimum Gasteiger partial charge on any atom is -0.381 e. The number of nitrogens with zero attached hydrogens (tertiary/aromatic N) is 1. The van der Waals surface area contributed by atoms with Crippen molar-refractivity contribution in [1.29, 1.82) is 0 Å². The number of amides is 1. The molecule has 0 saturated carbocycles. The highest BCUT2D eigenvalue weighted by atomic mass is 16.5. The van der Waals surface area contributed by atoms with Crippen molar-refractivity contribution in [3.8, 4) is 11.3 Å². The molecule has 0 radical (unpaired) electrons. The zero-order valence-corrected chi connectivity index (χ0v) is 11.6. The van der Waals surface area contributed by atoms with Gasteiger partial charge in [0.2, 0.25) is 5.91 Å². The normalized spacial score (nSPS) is 10.4. The van der Waals surface area contributed by atoms with Crippen LogP contribution in [0.3, 0.4) is 0 Å². The van der Waals surface area contributed by atoms with Crippen LogP contribution < -0.4 is 5.32 Å². The predicted octanol–water partition coefficient (Wildman–Crippen LogP) is 2.12. The molecule has 20 heavy (non-hydrogen) atoms. The average Bonchev–Trinajstić information content (AvgIpc) is 3.00. The topological polar surface area (TPSA) is 67.0 Å². The second-order valence-corrected chi connectivity index (χ2v) is 4.39. The summed E-state index contributed by atoms with van der Waals surface area (Å²) in [5.41, 5.74) is 3.13. The zero-order valence-electron chi connectivity index (χ0n) is 11.6. The van der Waals surface area contributed by atoms with Crippen LogP contribution in [-0.4, -0.2) is 29.3 Å². The van der Waals surface area contributed by atoms with E-state index in [-0.39, 0.29) is 5.91 Å². The van der Waals surface area contributed by atoms with Crippen LogP contribution >= 0.6 is 0 Å². The van der Waals surface area contributed by atoms with Crippen molar-refractivity contribution >= 4 is 5.91 Å². The van der Waals surface area contributed by atoms with Crippen LogP contribution in [0.5, 0.6) is 0 Å². The van der Waals surface area contributed by atoms with Gasteiger partial charge in [0.1, 0.15) is 0 Å². The maximum absolute atomic E-state index is 11.5. The standard InChI is InChI=1S/C15H19N3O2/c1-2-20-10-8-15(19)16-11-12-3-5-13(6-4-12)14-7-9-17-18-14/h3-7,9H,2,8,10-11H2,1H3,(H,16,19)(H,17,18). The van der Waals surface area contributed by atoms with Crippen LogP contribution in [0, 0.1) is 0 Å². The van der Waals surface area contributed by atoms with Gasteiger partial charge >= 0.3 is 0 Å². The molecule has 0 bridgehead atoms. The molecule has 5 heteroatoms. The predicted molar refractivity (Wildman–Crippen MR) is 77.0 cm³/mol. The van der Waals surface area contributed by atoms with E-state index in [1.54, 1.807) is 6.20 Å². The molecule has 2 aromatic rings. The van der Waals surface area contributed by atoms with E-state index in [2.05, 4.69) is 15.5 Å². The molecule has 0 spiro atoms. The van der Waals surface area contributed by atoms with Gasteiger partial charge < -0.3 is 10.1 Å². The highest BCUT2D eigenvalue weighted by Gasteiger charge is 2.02. The summed E-state index contributed by atoms with van der Waals surface area (Å²) < 4.78 is 5.14. The Balaban J connectivity index is 1.81. The molecule has 0 aliphatic rings. The third kappa shape index (κ3) is 4.20. The lowest BCUT2D eigenvalue weighted by Gasteiger charge is -2.06. The Labute approximate surface area is 118 Å². The van der Waals surface area contributed by atoms with Crippen molar-refractivity contribution < 1.29 is 9.53 Å². The Kier molecular flexibility index (Phi) is 5.32. The van der Waals surface area contributed by atoms with Crippen molar-refractivity contribution in [3.05, 3.63) is 42.1 Å². The molecule has 0 saturated heterocycles. The highest BCUT2D eigenvalue weighted by Crippen LogP contribution is 2.16. The van der Waals surface area contributed by atoms with E-state index < -0.39 is 0 Å². The molecular formula is C15H19N3O2. The maximum Gasteiger partial charge on any atom is 0.222 e. The molecule has 1 aromatic heterocycles. The first-order valence-corrected chi connectivity index (χ1v) is 6.72. The van der Waals surface area contributed by atoms with Gasteiger partial charge in [0.15, 0.2) is 0 Å². The number of H-pyrrole nitrogens is 1. The number of carbonyl (C=O) groups is 1. The summed E-state index contributed by atoms with van der Waals surface area (Å²) in [5.74, 6) is 0.0103. The first-order valence-electron chi connectivity index (χ1n) is 6.72. The molecule has 2 rings (SSSR count). The van der Waals surface area contributed by atoms with Crippen molar-refractivity contribution in [2.24, 2.45) is 0 Å². The van der Waals surface area contributed by atoms with Crippen LogP contribution in [0.4, 0.5) is 0 Å². The summed E-state index contributed by atoms with van der Waals surface area (Å²) in [6, 6.07) is 9.94. The van der Waals surface area contributed by atoms with Crippen molar-refractivity contribution in [3.63, 3.8) is 0 Å². The smallest absolute Gasteiger partial charge is 0.222 e. The minimum absolute atomic E-state index is 0.0103. The quantitative estimate of drug-likeness (QED) is 0.759. The number of hydrogen-bond acceptors (Lipinski definition) is 3. The molecular weight excluding hydrogens is 254 g/mol. The van der Waals surface area contributed by atoms with E-state index in [0.29, 0.717) is 26.2 Å². The Morgan fingerprint density at radius 2 is 2.10 bits per heavy atom. The second kappa shape index (κ2) is 7.45. The monoisotopic (exact) mass is 273 g/mol. The van der Waals surface area contributed by atoms with Gasteiger partial charge in [-0.1, -0.05) is 24.3 Å². The number of hydrogen-bond donors (Lipinski definition) is 2. The summed E-state index contributed by atoms with van der Waals surface area (Å²) in [6.07, 6.45) is 2.13. The van der Waals surface area contributed by atoms with Crippen molar-refractivity contribution in [2.75, 3.05) is 13.2 Å². The molecule has 1 heterocycles. The zero-order chi connectivity index (χ0) is 14.2.